The first-order valence-corrected chi connectivity index (χ1v) is 12.6. The number of halogens is 2. The van der Waals surface area contributed by atoms with Crippen molar-refractivity contribution < 1.29 is 14.4 Å². The minimum Gasteiger partial charge on any atom is -0.437 e. The van der Waals surface area contributed by atoms with Gasteiger partial charge < -0.3 is 15.3 Å². The van der Waals surface area contributed by atoms with Crippen LogP contribution in [-0.2, 0) is 15.2 Å². The van der Waals surface area contributed by atoms with E-state index in [2.05, 4.69) is 20.2 Å². The van der Waals surface area contributed by atoms with Crippen molar-refractivity contribution in [2.24, 2.45) is 11.6 Å². The third kappa shape index (κ3) is 4.88. The van der Waals surface area contributed by atoms with Crippen LogP contribution in [0.2, 0.25) is 10.0 Å². The fourth-order valence-corrected chi connectivity index (χ4v) is 4.93. The van der Waals surface area contributed by atoms with Gasteiger partial charge in [-0.3, -0.25) is 9.55 Å². The zero-order chi connectivity index (χ0) is 25.7. The highest BCUT2D eigenvalue weighted by Gasteiger charge is 2.51. The fraction of sp³-hybridized carbons (Fsp3) is 0.174. The Morgan fingerprint density at radius 2 is 2.00 bits per heavy atom. The molecule has 0 aliphatic rings. The lowest BCUT2D eigenvalue weighted by atomic mass is 9.80. The predicted octanol–water partition coefficient (Wildman–Crippen LogP) is 3.87. The van der Waals surface area contributed by atoms with E-state index >= 15 is 0 Å². The Morgan fingerprint density at radius 1 is 1.19 bits per heavy atom. The first-order chi connectivity index (χ1) is 17.4. The molecule has 0 radical (unpaired) electrons. The highest BCUT2D eigenvalue weighted by Crippen LogP contribution is 2.42. The third-order valence-electron chi connectivity index (χ3n) is 5.46. The molecule has 0 saturated heterocycles. The van der Waals surface area contributed by atoms with Crippen molar-refractivity contribution in [1.82, 2.24) is 24.7 Å². The second kappa shape index (κ2) is 11.2. The van der Waals surface area contributed by atoms with E-state index in [1.807, 2.05) is 6.26 Å². The molecule has 2 atom stereocenters. The number of carbonyl (C=O) groups excluding carboxylic acids is 1. The Kier molecular flexibility index (Phi) is 8.07. The van der Waals surface area contributed by atoms with Crippen LogP contribution in [0.15, 0.2) is 67.4 Å². The number of thioether (sulfide) groups is 1. The summed E-state index contributed by atoms with van der Waals surface area (Å²) in [4.78, 5) is 26.5. The van der Waals surface area contributed by atoms with Gasteiger partial charge in [0.05, 0.1) is 21.9 Å². The summed E-state index contributed by atoms with van der Waals surface area (Å²) in [6, 6.07) is 12.0. The first kappa shape index (κ1) is 25.9. The number of rotatable bonds is 9. The second-order valence-corrected chi connectivity index (χ2v) is 9.26. The van der Waals surface area contributed by atoms with E-state index in [1.165, 1.54) is 22.7 Å². The van der Waals surface area contributed by atoms with Crippen molar-refractivity contribution in [2.45, 2.75) is 11.5 Å². The summed E-state index contributed by atoms with van der Waals surface area (Å²) in [5, 5.41) is 8.73. The zero-order valence-electron chi connectivity index (χ0n) is 18.9. The van der Waals surface area contributed by atoms with E-state index in [9.17, 15) is 4.79 Å². The minimum atomic E-state index is -1.93. The Labute approximate surface area is 220 Å². The Hall–Kier alpha value is -3.22. The number of ether oxygens (including phenoxy) is 1. The summed E-state index contributed by atoms with van der Waals surface area (Å²) < 4.78 is 7.49. The van der Waals surface area contributed by atoms with Gasteiger partial charge in [-0.1, -0.05) is 35.3 Å². The van der Waals surface area contributed by atoms with Crippen LogP contribution in [0.5, 0.6) is 11.6 Å². The lowest BCUT2D eigenvalue weighted by Gasteiger charge is -2.34. The van der Waals surface area contributed by atoms with E-state index in [-0.39, 0.29) is 16.7 Å². The summed E-state index contributed by atoms with van der Waals surface area (Å²) in [6.07, 6.45) is 7.99. The highest BCUT2D eigenvalue weighted by molar-refractivity contribution is 7.98. The number of carbonyl (C=O) groups is 1. The van der Waals surface area contributed by atoms with Gasteiger partial charge in [0.15, 0.2) is 11.4 Å². The van der Waals surface area contributed by atoms with Crippen LogP contribution in [0.3, 0.4) is 0 Å². The fourth-order valence-electron chi connectivity index (χ4n) is 3.76. The molecule has 0 aliphatic heterocycles. The molecule has 13 heteroatoms. The normalized spacial score (nSPS) is 13.6. The molecule has 0 fully saturated rings. The molecule has 1 aromatic carbocycles. The van der Waals surface area contributed by atoms with E-state index in [1.54, 1.807) is 61.1 Å². The molecule has 0 spiro atoms. The number of hydrogen-bond acceptors (Lipinski definition) is 10. The molecule has 10 nitrogen and oxygen atoms in total. The van der Waals surface area contributed by atoms with Gasteiger partial charge >= 0.3 is 5.97 Å². The molecular formula is C23H21Cl2N7O3S. The molecular weight excluding hydrogens is 525 g/mol. The van der Waals surface area contributed by atoms with Crippen molar-refractivity contribution >= 4 is 40.9 Å². The van der Waals surface area contributed by atoms with Gasteiger partial charge in [0.25, 0.3) is 0 Å². The topological polar surface area (TPSA) is 144 Å². The van der Waals surface area contributed by atoms with Crippen LogP contribution in [-0.4, -0.2) is 42.7 Å². The first-order valence-electron chi connectivity index (χ1n) is 10.5. The summed E-state index contributed by atoms with van der Waals surface area (Å²) in [5.74, 6) is 4.74. The van der Waals surface area contributed by atoms with Gasteiger partial charge in [0.1, 0.15) is 12.1 Å². The molecule has 0 saturated carbocycles. The average molecular weight is 546 g/mol. The van der Waals surface area contributed by atoms with Crippen LogP contribution in [0, 0.1) is 0 Å². The Bertz CT molecular complexity index is 1360. The summed E-state index contributed by atoms with van der Waals surface area (Å²) in [7, 11) is 0. The predicted molar refractivity (Wildman–Crippen MR) is 137 cm³/mol. The monoisotopic (exact) mass is 545 g/mol. The Balaban J connectivity index is 1.90. The van der Waals surface area contributed by atoms with Gasteiger partial charge in [-0.15, -0.1) is 10.2 Å². The maximum absolute atomic E-state index is 13.3. The maximum Gasteiger partial charge on any atom is 0.353 e. The molecule has 0 amide bonds. The van der Waals surface area contributed by atoms with Crippen LogP contribution < -0.4 is 16.4 Å². The Morgan fingerprint density at radius 3 is 2.72 bits per heavy atom. The summed E-state index contributed by atoms with van der Waals surface area (Å²) >= 11 is 14.1. The molecule has 4 aromatic rings. The van der Waals surface area contributed by atoms with Crippen molar-refractivity contribution in [3.63, 3.8) is 0 Å². The molecule has 4 N–H and O–H groups in total. The third-order valence-corrected chi connectivity index (χ3v) is 6.94. The lowest BCUT2D eigenvalue weighted by Crippen LogP contribution is -2.54. The quantitative estimate of drug-likeness (QED) is 0.297. The van der Waals surface area contributed by atoms with E-state index in [0.717, 1.165) is 0 Å². The van der Waals surface area contributed by atoms with E-state index in [0.29, 0.717) is 27.8 Å². The summed E-state index contributed by atoms with van der Waals surface area (Å²) in [5.41, 5.74) is 5.92. The van der Waals surface area contributed by atoms with Crippen LogP contribution in [0.25, 0.3) is 5.69 Å². The molecule has 186 valence electrons. The standard InChI is InChI=1S/C23H21Cl2N7O3S/c1-36-12-16(15-6-4-10-29-20(15)34-14-5-3-9-28-11-14)23(26,22(33)35-27)21-31-30-13-32(21)18-8-2-7-17(24)19(18)25/h2-11,13,16H,12,26-27H2,1H3. The van der Waals surface area contributed by atoms with Crippen molar-refractivity contribution in [1.29, 1.82) is 0 Å². The number of nitrogens with two attached hydrogens (primary N) is 2. The number of benzene rings is 1. The van der Waals surface area contributed by atoms with Gasteiger partial charge in [-0.2, -0.15) is 17.7 Å². The summed E-state index contributed by atoms with van der Waals surface area (Å²) in [6.45, 7) is 0. The van der Waals surface area contributed by atoms with E-state index < -0.39 is 17.4 Å². The van der Waals surface area contributed by atoms with Gasteiger partial charge in [0.2, 0.25) is 5.88 Å². The smallest absolute Gasteiger partial charge is 0.353 e. The van der Waals surface area contributed by atoms with Crippen LogP contribution in [0.1, 0.15) is 17.3 Å². The number of nitrogens with zero attached hydrogens (tertiary/aromatic N) is 5. The van der Waals surface area contributed by atoms with Gasteiger partial charge in [0, 0.05) is 29.6 Å². The molecule has 3 heterocycles. The lowest BCUT2D eigenvalue weighted by molar-refractivity contribution is -0.152. The van der Waals surface area contributed by atoms with Crippen molar-refractivity contribution in [3.8, 4) is 17.3 Å². The average Bonchev–Trinajstić information content (AvgIpc) is 3.39. The molecule has 0 aliphatic carbocycles. The molecule has 36 heavy (non-hydrogen) atoms. The zero-order valence-corrected chi connectivity index (χ0v) is 21.2. The van der Waals surface area contributed by atoms with Crippen molar-refractivity contribution in [3.05, 3.63) is 88.8 Å². The maximum atomic E-state index is 13.3. The second-order valence-electron chi connectivity index (χ2n) is 7.57. The molecule has 2 unspecified atom stereocenters. The number of aromatic nitrogens is 5. The molecule has 4 rings (SSSR count). The number of hydrogen-bond donors (Lipinski definition) is 2. The molecule has 0 bridgehead atoms. The minimum absolute atomic E-state index is 0.0392. The number of pyridine rings is 2. The van der Waals surface area contributed by atoms with Crippen molar-refractivity contribution in [2.75, 3.05) is 12.0 Å². The molecule has 3 aromatic heterocycles. The highest BCUT2D eigenvalue weighted by atomic mass is 35.5. The van der Waals surface area contributed by atoms with Crippen LogP contribution in [0.4, 0.5) is 0 Å². The SMILES string of the molecule is CSCC(c1cccnc1Oc1cccnc1)C(N)(C(=O)ON)c1nncn1-c1cccc(Cl)c1Cl. The van der Waals surface area contributed by atoms with Gasteiger partial charge in [-0.25, -0.2) is 9.78 Å². The van der Waals surface area contributed by atoms with Crippen LogP contribution >= 0.6 is 35.0 Å². The van der Waals surface area contributed by atoms with Gasteiger partial charge in [-0.05, 0) is 36.6 Å². The van der Waals surface area contributed by atoms with E-state index in [4.69, 9.17) is 44.4 Å². The largest absolute Gasteiger partial charge is 0.437 e.